The zero-order valence-electron chi connectivity index (χ0n) is 12.1. The SMILES string of the molecule is CCC1(C)CN(C2CCCC2)C(C(C)C)CN1. The lowest BCUT2D eigenvalue weighted by Crippen LogP contribution is -2.65. The molecular formula is C15H30N2. The summed E-state index contributed by atoms with van der Waals surface area (Å²) in [5.41, 5.74) is 0.341. The van der Waals surface area contributed by atoms with Gasteiger partial charge in [-0.2, -0.15) is 0 Å². The summed E-state index contributed by atoms with van der Waals surface area (Å²) in [7, 11) is 0. The van der Waals surface area contributed by atoms with Crippen molar-refractivity contribution in [3.8, 4) is 0 Å². The normalized spacial score (nSPS) is 36.9. The van der Waals surface area contributed by atoms with Crippen molar-refractivity contribution in [1.29, 1.82) is 0 Å². The van der Waals surface area contributed by atoms with E-state index >= 15 is 0 Å². The standard InChI is InChI=1S/C15H30N2/c1-5-15(4)11-17(13-8-6-7-9-13)14(10-16-15)12(2)3/h12-14,16H,5-11H2,1-4H3. The maximum atomic E-state index is 3.79. The molecule has 2 atom stereocenters. The lowest BCUT2D eigenvalue weighted by Gasteiger charge is -2.50. The number of hydrogen-bond donors (Lipinski definition) is 1. The fraction of sp³-hybridized carbons (Fsp3) is 1.00. The molecule has 0 bridgehead atoms. The molecule has 1 heterocycles. The Morgan fingerprint density at radius 1 is 1.29 bits per heavy atom. The average molecular weight is 238 g/mol. The van der Waals surface area contributed by atoms with Crippen molar-refractivity contribution >= 4 is 0 Å². The van der Waals surface area contributed by atoms with Crippen LogP contribution in [0.5, 0.6) is 0 Å². The molecule has 0 spiro atoms. The Kier molecular flexibility index (Phi) is 4.14. The summed E-state index contributed by atoms with van der Waals surface area (Å²) in [6, 6.07) is 1.62. The van der Waals surface area contributed by atoms with E-state index in [4.69, 9.17) is 0 Å². The van der Waals surface area contributed by atoms with Crippen LogP contribution in [0, 0.1) is 5.92 Å². The molecule has 0 aromatic heterocycles. The van der Waals surface area contributed by atoms with Crippen LogP contribution < -0.4 is 5.32 Å². The van der Waals surface area contributed by atoms with Crippen LogP contribution in [0.1, 0.15) is 59.8 Å². The third-order valence-electron chi connectivity index (χ3n) is 5.04. The van der Waals surface area contributed by atoms with E-state index in [0.717, 1.165) is 18.0 Å². The van der Waals surface area contributed by atoms with Crippen molar-refractivity contribution in [1.82, 2.24) is 10.2 Å². The van der Waals surface area contributed by atoms with Crippen molar-refractivity contribution in [2.75, 3.05) is 13.1 Å². The van der Waals surface area contributed by atoms with Gasteiger partial charge in [0.1, 0.15) is 0 Å². The monoisotopic (exact) mass is 238 g/mol. The van der Waals surface area contributed by atoms with Gasteiger partial charge in [0.25, 0.3) is 0 Å². The summed E-state index contributed by atoms with van der Waals surface area (Å²) in [6.45, 7) is 11.9. The molecule has 17 heavy (non-hydrogen) atoms. The van der Waals surface area contributed by atoms with Crippen molar-refractivity contribution in [3.05, 3.63) is 0 Å². The molecule has 0 aromatic rings. The Hall–Kier alpha value is -0.0800. The van der Waals surface area contributed by atoms with Crippen LogP contribution >= 0.6 is 0 Å². The molecule has 2 fully saturated rings. The van der Waals surface area contributed by atoms with Gasteiger partial charge in [-0.3, -0.25) is 4.90 Å². The van der Waals surface area contributed by atoms with Crippen LogP contribution in [-0.4, -0.2) is 35.6 Å². The van der Waals surface area contributed by atoms with Crippen LogP contribution in [0.3, 0.4) is 0 Å². The van der Waals surface area contributed by atoms with E-state index in [1.807, 2.05) is 0 Å². The molecule has 1 aliphatic carbocycles. The van der Waals surface area contributed by atoms with Gasteiger partial charge in [-0.25, -0.2) is 0 Å². The molecule has 1 N–H and O–H groups in total. The van der Waals surface area contributed by atoms with Gasteiger partial charge in [-0.1, -0.05) is 33.6 Å². The predicted molar refractivity (Wildman–Crippen MR) is 74.3 cm³/mol. The first kappa shape index (κ1) is 13.4. The Bertz CT molecular complexity index is 245. The van der Waals surface area contributed by atoms with Gasteiger partial charge in [0, 0.05) is 30.7 Å². The largest absolute Gasteiger partial charge is 0.309 e. The van der Waals surface area contributed by atoms with Crippen molar-refractivity contribution in [2.45, 2.75) is 77.4 Å². The first-order valence-corrected chi connectivity index (χ1v) is 7.56. The van der Waals surface area contributed by atoms with Crippen LogP contribution in [0.2, 0.25) is 0 Å². The zero-order chi connectivity index (χ0) is 12.5. The number of rotatable bonds is 3. The fourth-order valence-electron chi connectivity index (χ4n) is 3.54. The molecule has 2 unspecified atom stereocenters. The second kappa shape index (κ2) is 5.27. The zero-order valence-corrected chi connectivity index (χ0v) is 12.1. The Morgan fingerprint density at radius 2 is 1.94 bits per heavy atom. The minimum absolute atomic E-state index is 0.341. The van der Waals surface area contributed by atoms with Gasteiger partial charge < -0.3 is 5.32 Å². The molecule has 2 nitrogen and oxygen atoms in total. The first-order valence-electron chi connectivity index (χ1n) is 7.56. The molecule has 1 saturated carbocycles. The molecule has 1 aliphatic heterocycles. The number of hydrogen-bond acceptors (Lipinski definition) is 2. The molecule has 1 saturated heterocycles. The molecule has 0 aromatic carbocycles. The lowest BCUT2D eigenvalue weighted by atomic mass is 9.88. The van der Waals surface area contributed by atoms with E-state index in [1.165, 1.54) is 45.2 Å². The smallest absolute Gasteiger partial charge is 0.0278 e. The van der Waals surface area contributed by atoms with E-state index in [9.17, 15) is 0 Å². The summed E-state index contributed by atoms with van der Waals surface area (Å²) in [6.07, 6.45) is 7.00. The molecule has 2 rings (SSSR count). The van der Waals surface area contributed by atoms with Gasteiger partial charge in [-0.05, 0) is 32.1 Å². The van der Waals surface area contributed by atoms with E-state index in [-0.39, 0.29) is 0 Å². The molecule has 0 radical (unpaired) electrons. The molecular weight excluding hydrogens is 208 g/mol. The summed E-state index contributed by atoms with van der Waals surface area (Å²) in [5, 5.41) is 3.79. The summed E-state index contributed by atoms with van der Waals surface area (Å²) in [5.74, 6) is 0.768. The fourth-order valence-corrected chi connectivity index (χ4v) is 3.54. The quantitative estimate of drug-likeness (QED) is 0.813. The maximum absolute atomic E-state index is 3.79. The minimum atomic E-state index is 0.341. The topological polar surface area (TPSA) is 15.3 Å². The molecule has 0 amide bonds. The van der Waals surface area contributed by atoms with Gasteiger partial charge in [-0.15, -0.1) is 0 Å². The van der Waals surface area contributed by atoms with Crippen molar-refractivity contribution in [3.63, 3.8) is 0 Å². The third-order valence-corrected chi connectivity index (χ3v) is 5.04. The van der Waals surface area contributed by atoms with E-state index in [1.54, 1.807) is 0 Å². The van der Waals surface area contributed by atoms with Gasteiger partial charge in [0.05, 0.1) is 0 Å². The van der Waals surface area contributed by atoms with Crippen LogP contribution in [-0.2, 0) is 0 Å². The first-order chi connectivity index (χ1) is 8.06. The molecule has 2 aliphatic rings. The number of nitrogens with one attached hydrogen (secondary N) is 1. The Morgan fingerprint density at radius 3 is 2.47 bits per heavy atom. The highest BCUT2D eigenvalue weighted by Crippen LogP contribution is 2.31. The highest BCUT2D eigenvalue weighted by molar-refractivity contribution is 4.98. The Labute approximate surface area is 107 Å². The summed E-state index contributed by atoms with van der Waals surface area (Å²) in [4.78, 5) is 2.84. The van der Waals surface area contributed by atoms with Gasteiger partial charge in [0.2, 0.25) is 0 Å². The Balaban J connectivity index is 2.09. The average Bonchev–Trinajstić information content (AvgIpc) is 2.82. The number of piperazine rings is 1. The summed E-state index contributed by atoms with van der Waals surface area (Å²) < 4.78 is 0. The van der Waals surface area contributed by atoms with E-state index in [2.05, 4.69) is 37.9 Å². The number of nitrogens with zero attached hydrogens (tertiary/aromatic N) is 1. The van der Waals surface area contributed by atoms with Gasteiger partial charge >= 0.3 is 0 Å². The summed E-state index contributed by atoms with van der Waals surface area (Å²) >= 11 is 0. The third kappa shape index (κ3) is 2.85. The molecule has 2 heteroatoms. The van der Waals surface area contributed by atoms with E-state index in [0.29, 0.717) is 5.54 Å². The van der Waals surface area contributed by atoms with Crippen LogP contribution in [0.25, 0.3) is 0 Å². The minimum Gasteiger partial charge on any atom is -0.309 e. The lowest BCUT2D eigenvalue weighted by molar-refractivity contribution is 0.0265. The van der Waals surface area contributed by atoms with E-state index < -0.39 is 0 Å². The second-order valence-electron chi connectivity index (χ2n) is 6.72. The van der Waals surface area contributed by atoms with Crippen molar-refractivity contribution in [2.24, 2.45) is 5.92 Å². The van der Waals surface area contributed by atoms with Crippen molar-refractivity contribution < 1.29 is 0 Å². The van der Waals surface area contributed by atoms with Crippen LogP contribution in [0.15, 0.2) is 0 Å². The molecule has 100 valence electrons. The predicted octanol–water partition coefficient (Wildman–Crippen LogP) is 3.03. The maximum Gasteiger partial charge on any atom is 0.0278 e. The highest BCUT2D eigenvalue weighted by Gasteiger charge is 2.39. The van der Waals surface area contributed by atoms with Gasteiger partial charge in [0.15, 0.2) is 0 Å². The van der Waals surface area contributed by atoms with Crippen LogP contribution in [0.4, 0.5) is 0 Å². The highest BCUT2D eigenvalue weighted by atomic mass is 15.3. The second-order valence-corrected chi connectivity index (χ2v) is 6.72.